The minimum atomic E-state index is -0.482. The molecule has 1 aliphatic heterocycles. The molecule has 1 heterocycles. The fraction of sp³-hybridized carbons (Fsp3) is 0.192. The Labute approximate surface area is 187 Å². The predicted octanol–water partition coefficient (Wildman–Crippen LogP) is 3.92. The second-order valence-electron chi connectivity index (χ2n) is 7.94. The molecule has 162 valence electrons. The van der Waals surface area contributed by atoms with Crippen molar-refractivity contribution in [2.75, 3.05) is 16.8 Å². The molecule has 1 fully saturated rings. The van der Waals surface area contributed by atoms with Gasteiger partial charge in [0.1, 0.15) is 0 Å². The molecule has 0 aliphatic carbocycles. The van der Waals surface area contributed by atoms with E-state index < -0.39 is 5.92 Å². The minimum absolute atomic E-state index is 0.0807. The summed E-state index contributed by atoms with van der Waals surface area (Å²) in [6.07, 6.45) is 0.141. The van der Waals surface area contributed by atoms with Gasteiger partial charge in [-0.2, -0.15) is 0 Å². The molecule has 1 aliphatic rings. The van der Waals surface area contributed by atoms with Gasteiger partial charge < -0.3 is 15.5 Å². The second-order valence-corrected chi connectivity index (χ2v) is 7.94. The lowest BCUT2D eigenvalue weighted by atomic mass is 10.1. The van der Waals surface area contributed by atoms with Crippen LogP contribution in [0.25, 0.3) is 0 Å². The molecule has 6 heteroatoms. The average molecular weight is 428 g/mol. The van der Waals surface area contributed by atoms with Gasteiger partial charge in [0.2, 0.25) is 11.8 Å². The maximum atomic E-state index is 12.9. The maximum absolute atomic E-state index is 12.9. The third-order valence-electron chi connectivity index (χ3n) is 5.57. The molecule has 6 nitrogen and oxygen atoms in total. The number of aryl methyl sites for hydroxylation is 1. The summed E-state index contributed by atoms with van der Waals surface area (Å²) in [6.45, 7) is 2.69. The maximum Gasteiger partial charge on any atom is 0.253 e. The van der Waals surface area contributed by atoms with Crippen molar-refractivity contribution in [3.05, 3.63) is 95.6 Å². The first-order valence-corrected chi connectivity index (χ1v) is 10.6. The van der Waals surface area contributed by atoms with Crippen LogP contribution in [-0.2, 0) is 16.1 Å². The number of carbonyl (C=O) groups is 3. The van der Waals surface area contributed by atoms with Crippen LogP contribution in [0.1, 0.15) is 27.9 Å². The second kappa shape index (κ2) is 9.47. The summed E-state index contributed by atoms with van der Waals surface area (Å²) in [6, 6.07) is 24.2. The van der Waals surface area contributed by atoms with Crippen molar-refractivity contribution in [1.29, 1.82) is 0 Å². The van der Waals surface area contributed by atoms with E-state index in [2.05, 4.69) is 10.6 Å². The summed E-state index contributed by atoms with van der Waals surface area (Å²) in [7, 11) is 0. The number of benzene rings is 3. The zero-order chi connectivity index (χ0) is 22.5. The highest BCUT2D eigenvalue weighted by Crippen LogP contribution is 2.27. The first-order chi connectivity index (χ1) is 15.5. The molecule has 1 saturated heterocycles. The Morgan fingerprint density at radius 2 is 1.62 bits per heavy atom. The van der Waals surface area contributed by atoms with E-state index in [-0.39, 0.29) is 24.1 Å². The van der Waals surface area contributed by atoms with E-state index in [1.165, 1.54) is 0 Å². The Morgan fingerprint density at radius 1 is 0.938 bits per heavy atom. The van der Waals surface area contributed by atoms with Gasteiger partial charge in [-0.1, -0.05) is 60.2 Å². The SMILES string of the molecule is Cc1ccc(N2CC(C(=O)Nc3ccccc3C(=O)NCc3ccccc3)CC2=O)cc1. The normalized spacial score (nSPS) is 15.5. The lowest BCUT2D eigenvalue weighted by Crippen LogP contribution is -2.29. The van der Waals surface area contributed by atoms with E-state index in [4.69, 9.17) is 0 Å². The number of para-hydroxylation sites is 1. The quantitative estimate of drug-likeness (QED) is 0.626. The van der Waals surface area contributed by atoms with Crippen LogP contribution >= 0.6 is 0 Å². The van der Waals surface area contributed by atoms with Crippen LogP contribution in [0.5, 0.6) is 0 Å². The van der Waals surface area contributed by atoms with Crippen molar-refractivity contribution in [3.8, 4) is 0 Å². The van der Waals surface area contributed by atoms with Crippen molar-refractivity contribution in [2.24, 2.45) is 5.92 Å². The lowest BCUT2D eigenvalue weighted by Gasteiger charge is -2.17. The number of hydrogen-bond donors (Lipinski definition) is 2. The first-order valence-electron chi connectivity index (χ1n) is 10.6. The van der Waals surface area contributed by atoms with Crippen LogP contribution in [0.4, 0.5) is 11.4 Å². The van der Waals surface area contributed by atoms with Gasteiger partial charge >= 0.3 is 0 Å². The van der Waals surface area contributed by atoms with Crippen molar-refractivity contribution >= 4 is 29.1 Å². The number of anilines is 2. The van der Waals surface area contributed by atoms with E-state index in [1.54, 1.807) is 29.2 Å². The van der Waals surface area contributed by atoms with Gasteiger partial charge in [0.25, 0.3) is 5.91 Å². The Balaban J connectivity index is 1.42. The van der Waals surface area contributed by atoms with Crippen LogP contribution in [-0.4, -0.2) is 24.3 Å². The average Bonchev–Trinajstić information content (AvgIpc) is 3.21. The molecule has 3 amide bonds. The van der Waals surface area contributed by atoms with Crippen molar-refractivity contribution in [1.82, 2.24) is 5.32 Å². The highest BCUT2D eigenvalue weighted by atomic mass is 16.2. The standard InChI is InChI=1S/C26H25N3O3/c1-18-11-13-21(14-12-18)29-17-20(15-24(29)30)25(31)28-23-10-6-5-9-22(23)26(32)27-16-19-7-3-2-4-8-19/h2-14,20H,15-17H2,1H3,(H,27,32)(H,28,31). The largest absolute Gasteiger partial charge is 0.348 e. The van der Waals surface area contributed by atoms with Gasteiger partial charge in [-0.3, -0.25) is 14.4 Å². The molecule has 3 aromatic carbocycles. The van der Waals surface area contributed by atoms with Crippen LogP contribution in [0, 0.1) is 12.8 Å². The third kappa shape index (κ3) is 4.86. The fourth-order valence-electron chi connectivity index (χ4n) is 3.76. The van der Waals surface area contributed by atoms with Gasteiger partial charge in [-0.25, -0.2) is 0 Å². The summed E-state index contributed by atoms with van der Waals surface area (Å²) in [5.74, 6) is -1.10. The smallest absolute Gasteiger partial charge is 0.253 e. The van der Waals surface area contributed by atoms with Crippen LogP contribution in [0.15, 0.2) is 78.9 Å². The molecule has 0 spiro atoms. The monoisotopic (exact) mass is 427 g/mol. The molecular formula is C26H25N3O3. The van der Waals surface area contributed by atoms with Gasteiger partial charge in [0.15, 0.2) is 0 Å². The molecule has 0 aromatic heterocycles. The van der Waals surface area contributed by atoms with Gasteiger partial charge in [-0.15, -0.1) is 0 Å². The van der Waals surface area contributed by atoms with E-state index in [0.717, 1.165) is 16.8 Å². The van der Waals surface area contributed by atoms with E-state index in [1.807, 2.05) is 61.5 Å². The van der Waals surface area contributed by atoms with Gasteiger partial charge in [-0.05, 0) is 36.8 Å². The number of rotatable bonds is 6. The molecule has 0 bridgehead atoms. The molecule has 2 N–H and O–H groups in total. The number of nitrogens with one attached hydrogen (secondary N) is 2. The summed E-state index contributed by atoms with van der Waals surface area (Å²) in [4.78, 5) is 39.8. The van der Waals surface area contributed by atoms with Gasteiger partial charge in [0.05, 0.1) is 17.2 Å². The number of hydrogen-bond acceptors (Lipinski definition) is 3. The van der Waals surface area contributed by atoms with Crippen LogP contribution in [0.2, 0.25) is 0 Å². The van der Waals surface area contributed by atoms with E-state index in [9.17, 15) is 14.4 Å². The molecule has 32 heavy (non-hydrogen) atoms. The first kappa shape index (κ1) is 21.3. The highest BCUT2D eigenvalue weighted by molar-refractivity contribution is 6.07. The molecule has 0 saturated carbocycles. The third-order valence-corrected chi connectivity index (χ3v) is 5.57. The van der Waals surface area contributed by atoms with Crippen LogP contribution in [0.3, 0.4) is 0 Å². The Kier molecular flexibility index (Phi) is 6.31. The number of carbonyl (C=O) groups excluding carboxylic acids is 3. The Bertz CT molecular complexity index is 1130. The number of nitrogens with zero attached hydrogens (tertiary/aromatic N) is 1. The fourth-order valence-corrected chi connectivity index (χ4v) is 3.76. The zero-order valence-electron chi connectivity index (χ0n) is 17.9. The molecule has 1 atom stereocenters. The topological polar surface area (TPSA) is 78.5 Å². The molecular weight excluding hydrogens is 402 g/mol. The lowest BCUT2D eigenvalue weighted by molar-refractivity contribution is -0.122. The van der Waals surface area contributed by atoms with Crippen molar-refractivity contribution < 1.29 is 14.4 Å². The Morgan fingerprint density at radius 3 is 2.38 bits per heavy atom. The van der Waals surface area contributed by atoms with Crippen molar-refractivity contribution in [2.45, 2.75) is 19.9 Å². The minimum Gasteiger partial charge on any atom is -0.348 e. The van der Waals surface area contributed by atoms with Gasteiger partial charge in [0, 0.05) is 25.2 Å². The molecule has 0 radical (unpaired) electrons. The summed E-state index contributed by atoms with van der Waals surface area (Å²) in [5.41, 5.74) is 3.71. The Hall–Kier alpha value is -3.93. The summed E-state index contributed by atoms with van der Waals surface area (Å²) < 4.78 is 0. The molecule has 1 unspecified atom stereocenters. The highest BCUT2D eigenvalue weighted by Gasteiger charge is 2.35. The van der Waals surface area contributed by atoms with E-state index >= 15 is 0 Å². The van der Waals surface area contributed by atoms with Crippen molar-refractivity contribution in [3.63, 3.8) is 0 Å². The summed E-state index contributed by atoms with van der Waals surface area (Å²) in [5, 5.41) is 5.74. The summed E-state index contributed by atoms with van der Waals surface area (Å²) >= 11 is 0. The van der Waals surface area contributed by atoms with E-state index in [0.29, 0.717) is 24.3 Å². The predicted molar refractivity (Wildman–Crippen MR) is 124 cm³/mol. The van der Waals surface area contributed by atoms with Crippen LogP contribution < -0.4 is 15.5 Å². The number of amides is 3. The molecule has 3 aromatic rings. The molecule has 4 rings (SSSR count). The zero-order valence-corrected chi connectivity index (χ0v) is 17.9.